The van der Waals surface area contributed by atoms with Crippen molar-refractivity contribution < 1.29 is 9.53 Å². The largest absolute Gasteiger partial charge is 0.377 e. The first-order valence-corrected chi connectivity index (χ1v) is 10.8. The van der Waals surface area contributed by atoms with Crippen LogP contribution < -0.4 is 4.90 Å². The van der Waals surface area contributed by atoms with E-state index in [9.17, 15) is 4.79 Å². The second-order valence-corrected chi connectivity index (χ2v) is 8.39. The van der Waals surface area contributed by atoms with E-state index in [4.69, 9.17) is 19.8 Å². The van der Waals surface area contributed by atoms with Gasteiger partial charge in [0.2, 0.25) is 5.91 Å². The van der Waals surface area contributed by atoms with Gasteiger partial charge in [-0.25, -0.2) is 14.6 Å². The fraction of sp³-hybridized carbons (Fsp3) is 0.478. The van der Waals surface area contributed by atoms with Gasteiger partial charge >= 0.3 is 0 Å². The molecule has 1 aromatic carbocycles. The number of aryl methyl sites for hydroxylation is 1. The first-order valence-electron chi connectivity index (χ1n) is 10.8. The molecule has 4 rings (SSSR count). The second-order valence-electron chi connectivity index (χ2n) is 8.39. The van der Waals surface area contributed by atoms with E-state index < -0.39 is 0 Å². The lowest BCUT2D eigenvalue weighted by atomic mass is 10.1. The number of anilines is 1. The number of nitrogens with zero attached hydrogens (tertiary/aromatic N) is 6. The molecule has 164 valence electrons. The van der Waals surface area contributed by atoms with Crippen molar-refractivity contribution in [2.45, 2.75) is 33.8 Å². The summed E-state index contributed by atoms with van der Waals surface area (Å²) >= 11 is 0. The molecule has 0 unspecified atom stereocenters. The van der Waals surface area contributed by atoms with Gasteiger partial charge in [0.25, 0.3) is 0 Å². The molecule has 0 atom stereocenters. The molecule has 0 aliphatic carbocycles. The molecule has 0 N–H and O–H groups in total. The average molecular weight is 423 g/mol. The zero-order valence-electron chi connectivity index (χ0n) is 18.7. The number of para-hydroxylation sites is 1. The van der Waals surface area contributed by atoms with Gasteiger partial charge in [0, 0.05) is 39.7 Å². The molecule has 0 bridgehead atoms. The first kappa shape index (κ1) is 21.2. The first-order chi connectivity index (χ1) is 15.0. The van der Waals surface area contributed by atoms with Gasteiger partial charge in [-0.2, -0.15) is 5.10 Å². The fourth-order valence-electron chi connectivity index (χ4n) is 4.02. The molecule has 2 aromatic heterocycles. The van der Waals surface area contributed by atoms with Crippen molar-refractivity contribution in [3.63, 3.8) is 0 Å². The highest BCUT2D eigenvalue weighted by atomic mass is 16.5. The van der Waals surface area contributed by atoms with Crippen LogP contribution in [0.15, 0.2) is 30.3 Å². The summed E-state index contributed by atoms with van der Waals surface area (Å²) in [6, 6.07) is 10.00. The Morgan fingerprint density at radius 2 is 1.81 bits per heavy atom. The highest BCUT2D eigenvalue weighted by molar-refractivity contribution is 5.91. The number of methoxy groups -OCH3 is 1. The minimum absolute atomic E-state index is 0.232. The predicted molar refractivity (Wildman–Crippen MR) is 120 cm³/mol. The van der Waals surface area contributed by atoms with Crippen molar-refractivity contribution in [1.82, 2.24) is 24.6 Å². The quantitative estimate of drug-likeness (QED) is 0.608. The molecule has 0 spiro atoms. The maximum Gasteiger partial charge on any atom is 0.222 e. The molecule has 3 aromatic rings. The molecule has 8 nitrogen and oxygen atoms in total. The van der Waals surface area contributed by atoms with Crippen LogP contribution in [0.3, 0.4) is 0 Å². The van der Waals surface area contributed by atoms with Gasteiger partial charge in [0.05, 0.1) is 16.8 Å². The van der Waals surface area contributed by atoms with E-state index in [0.717, 1.165) is 41.3 Å². The normalized spacial score (nSPS) is 14.6. The summed E-state index contributed by atoms with van der Waals surface area (Å²) in [5, 5.41) is 5.72. The Morgan fingerprint density at radius 3 is 2.45 bits per heavy atom. The molecule has 1 amide bonds. The number of amides is 1. The van der Waals surface area contributed by atoms with E-state index >= 15 is 0 Å². The van der Waals surface area contributed by atoms with Crippen LogP contribution in [-0.2, 0) is 16.1 Å². The van der Waals surface area contributed by atoms with Gasteiger partial charge in [-0.15, -0.1) is 0 Å². The number of benzene rings is 1. The van der Waals surface area contributed by atoms with Crippen LogP contribution in [0, 0.1) is 12.8 Å². The Kier molecular flexibility index (Phi) is 6.18. The van der Waals surface area contributed by atoms with Crippen molar-refractivity contribution in [2.75, 3.05) is 38.2 Å². The fourth-order valence-corrected chi connectivity index (χ4v) is 4.02. The lowest BCUT2D eigenvalue weighted by Gasteiger charge is -2.36. The number of hydrogen-bond acceptors (Lipinski definition) is 6. The van der Waals surface area contributed by atoms with E-state index in [1.165, 1.54) is 0 Å². The third-order valence-corrected chi connectivity index (χ3v) is 5.52. The van der Waals surface area contributed by atoms with Crippen molar-refractivity contribution in [3.8, 4) is 5.69 Å². The summed E-state index contributed by atoms with van der Waals surface area (Å²) in [4.78, 5) is 26.3. The number of rotatable bonds is 6. The van der Waals surface area contributed by atoms with Crippen LogP contribution in [-0.4, -0.2) is 63.8 Å². The second kappa shape index (κ2) is 9.01. The van der Waals surface area contributed by atoms with Crippen LogP contribution in [0.25, 0.3) is 16.7 Å². The molecule has 1 aliphatic rings. The third-order valence-electron chi connectivity index (χ3n) is 5.52. The number of ether oxygens (including phenoxy) is 1. The van der Waals surface area contributed by atoms with Gasteiger partial charge in [-0.05, 0) is 25.0 Å². The van der Waals surface area contributed by atoms with E-state index in [-0.39, 0.29) is 5.91 Å². The number of piperazine rings is 1. The highest BCUT2D eigenvalue weighted by Crippen LogP contribution is 2.30. The summed E-state index contributed by atoms with van der Waals surface area (Å²) in [6.45, 7) is 9.34. The zero-order valence-corrected chi connectivity index (χ0v) is 18.7. The molecule has 1 saturated heterocycles. The number of aromatic nitrogens is 4. The molecule has 31 heavy (non-hydrogen) atoms. The summed E-state index contributed by atoms with van der Waals surface area (Å²) < 4.78 is 7.20. The predicted octanol–water partition coefficient (Wildman–Crippen LogP) is 2.97. The molecule has 8 heteroatoms. The molecule has 1 aliphatic heterocycles. The molecule has 3 heterocycles. The minimum Gasteiger partial charge on any atom is -0.377 e. The van der Waals surface area contributed by atoms with Crippen LogP contribution in [0.2, 0.25) is 0 Å². The number of carbonyl (C=O) groups excluding carboxylic acids is 1. The molecule has 0 radical (unpaired) electrons. The van der Waals surface area contributed by atoms with E-state index in [1.54, 1.807) is 7.11 Å². The molecular weight excluding hydrogens is 392 g/mol. The summed E-state index contributed by atoms with van der Waals surface area (Å²) in [7, 11) is 1.64. The standard InChI is InChI=1S/C23H30N6O2/c1-16(2)14-20(30)27-10-12-28(13-11-27)22-21-17(3)26-29(18-8-6-5-7-9-18)23(21)25-19(24-22)15-31-4/h5-9,16H,10-15H2,1-4H3. The van der Waals surface area contributed by atoms with Gasteiger partial charge < -0.3 is 14.5 Å². The van der Waals surface area contributed by atoms with Crippen LogP contribution in [0.5, 0.6) is 0 Å². The molecular formula is C23H30N6O2. The minimum atomic E-state index is 0.232. The van der Waals surface area contributed by atoms with Gasteiger partial charge in [0.15, 0.2) is 11.5 Å². The Morgan fingerprint density at radius 1 is 1.10 bits per heavy atom. The average Bonchev–Trinajstić information content (AvgIpc) is 3.10. The summed E-state index contributed by atoms with van der Waals surface area (Å²) in [5.74, 6) is 2.10. The Balaban J connectivity index is 1.69. The Labute approximate surface area is 182 Å². The van der Waals surface area contributed by atoms with Gasteiger partial charge in [-0.3, -0.25) is 4.79 Å². The van der Waals surface area contributed by atoms with Gasteiger partial charge in [-0.1, -0.05) is 32.0 Å². The maximum absolute atomic E-state index is 12.5. The van der Waals surface area contributed by atoms with Crippen molar-refractivity contribution in [3.05, 3.63) is 41.9 Å². The monoisotopic (exact) mass is 422 g/mol. The smallest absolute Gasteiger partial charge is 0.222 e. The number of carbonyl (C=O) groups is 1. The Hall–Kier alpha value is -3.00. The van der Waals surface area contributed by atoms with E-state index in [1.807, 2.05) is 46.8 Å². The lowest BCUT2D eigenvalue weighted by Crippen LogP contribution is -2.49. The maximum atomic E-state index is 12.5. The highest BCUT2D eigenvalue weighted by Gasteiger charge is 2.26. The van der Waals surface area contributed by atoms with Crippen molar-refractivity contribution in [2.24, 2.45) is 5.92 Å². The zero-order chi connectivity index (χ0) is 22.0. The lowest BCUT2D eigenvalue weighted by molar-refractivity contribution is -0.132. The molecule has 1 fully saturated rings. The molecule has 0 saturated carbocycles. The Bertz CT molecular complexity index is 1050. The SMILES string of the molecule is COCc1nc(N2CCN(C(=O)CC(C)C)CC2)c2c(C)nn(-c3ccccc3)c2n1. The van der Waals surface area contributed by atoms with E-state index in [2.05, 4.69) is 18.7 Å². The summed E-state index contributed by atoms with van der Waals surface area (Å²) in [5.41, 5.74) is 2.62. The van der Waals surface area contributed by atoms with Crippen LogP contribution in [0.4, 0.5) is 5.82 Å². The van der Waals surface area contributed by atoms with Gasteiger partial charge in [0.1, 0.15) is 12.4 Å². The van der Waals surface area contributed by atoms with Crippen LogP contribution in [0.1, 0.15) is 31.8 Å². The van der Waals surface area contributed by atoms with E-state index in [0.29, 0.717) is 37.9 Å². The van der Waals surface area contributed by atoms with Crippen molar-refractivity contribution >= 4 is 22.8 Å². The number of fused-ring (bicyclic) bond motifs is 1. The van der Waals surface area contributed by atoms with Crippen LogP contribution >= 0.6 is 0 Å². The number of hydrogen-bond donors (Lipinski definition) is 0. The third kappa shape index (κ3) is 4.39. The summed E-state index contributed by atoms with van der Waals surface area (Å²) in [6.07, 6.45) is 0.596. The topological polar surface area (TPSA) is 76.4 Å². The van der Waals surface area contributed by atoms with Crippen molar-refractivity contribution in [1.29, 1.82) is 0 Å².